The number of likely N-dealkylation sites (N-methyl/N-ethyl adjacent to an activating group) is 1. The second-order valence-corrected chi connectivity index (χ2v) is 7.55. The van der Waals surface area contributed by atoms with Crippen molar-refractivity contribution in [1.82, 2.24) is 15.3 Å². The van der Waals surface area contributed by atoms with Gasteiger partial charge in [-0.05, 0) is 63.7 Å². The third-order valence-electron chi connectivity index (χ3n) is 4.42. The molecule has 2 aromatic carbocycles. The lowest BCUT2D eigenvalue weighted by Crippen LogP contribution is -2.16. The third kappa shape index (κ3) is 7.21. The number of amides is 1. The van der Waals surface area contributed by atoms with E-state index >= 15 is 0 Å². The van der Waals surface area contributed by atoms with Crippen molar-refractivity contribution in [3.05, 3.63) is 69.6 Å². The predicted octanol–water partition coefficient (Wildman–Crippen LogP) is 5.23. The molecule has 0 saturated carbocycles. The zero-order valence-electron chi connectivity index (χ0n) is 18.0. The number of ether oxygens (including phenoxy) is 1. The van der Waals surface area contributed by atoms with Crippen LogP contribution >= 0.6 is 23.2 Å². The summed E-state index contributed by atoms with van der Waals surface area (Å²) >= 11 is 12.0. The van der Waals surface area contributed by atoms with Gasteiger partial charge in [0.2, 0.25) is 6.41 Å². The molecule has 0 aliphatic rings. The first-order valence-electron chi connectivity index (χ1n) is 9.70. The Balaban J connectivity index is 0.000000220. The highest BCUT2D eigenvalue weighted by Gasteiger charge is 2.08. The molecule has 0 aliphatic carbocycles. The van der Waals surface area contributed by atoms with Crippen LogP contribution in [0.3, 0.4) is 0 Å². The van der Waals surface area contributed by atoms with Crippen molar-refractivity contribution in [2.24, 2.45) is 0 Å². The Labute approximate surface area is 193 Å². The van der Waals surface area contributed by atoms with Crippen LogP contribution in [0.2, 0.25) is 10.0 Å². The number of halogens is 2. The maximum atomic E-state index is 10.5. The summed E-state index contributed by atoms with van der Waals surface area (Å²) in [5, 5.41) is 6.99. The minimum Gasteiger partial charge on any atom is -0.492 e. The fourth-order valence-corrected chi connectivity index (χ4v) is 3.21. The number of aryl methyl sites for hydroxylation is 2. The van der Waals surface area contributed by atoms with Gasteiger partial charge in [-0.3, -0.25) is 4.79 Å². The standard InChI is InChI=1S/C12H18N2O2.C11H8Cl2N2/c1-9-4-5-11(16-7-6-13-3)10(2)12(9)14-8-15;1-7-14-5-4-11(15-7)9-6-8(12)2-3-10(9)13/h4-5,8,13H,6-7H2,1-3H3,(H,14,15);2-6H,1H3. The van der Waals surface area contributed by atoms with Crippen LogP contribution in [0.5, 0.6) is 5.75 Å². The summed E-state index contributed by atoms with van der Waals surface area (Å²) in [6, 6.07) is 11.0. The molecule has 6 nitrogen and oxygen atoms in total. The molecule has 2 N–H and O–H groups in total. The zero-order chi connectivity index (χ0) is 22.8. The molecule has 8 heteroatoms. The molecule has 0 bridgehead atoms. The number of carbonyl (C=O) groups is 1. The van der Waals surface area contributed by atoms with Gasteiger partial charge in [-0.1, -0.05) is 29.3 Å². The van der Waals surface area contributed by atoms with Gasteiger partial charge in [0, 0.05) is 28.9 Å². The lowest BCUT2D eigenvalue weighted by Gasteiger charge is -2.14. The summed E-state index contributed by atoms with van der Waals surface area (Å²) in [4.78, 5) is 18.8. The largest absolute Gasteiger partial charge is 0.492 e. The Morgan fingerprint density at radius 2 is 1.87 bits per heavy atom. The summed E-state index contributed by atoms with van der Waals surface area (Å²) in [7, 11) is 1.88. The van der Waals surface area contributed by atoms with Gasteiger partial charge in [0.25, 0.3) is 0 Å². The second-order valence-electron chi connectivity index (χ2n) is 6.71. The molecule has 0 atom stereocenters. The van der Waals surface area contributed by atoms with Gasteiger partial charge in [-0.25, -0.2) is 9.97 Å². The number of nitrogens with zero attached hydrogens (tertiary/aromatic N) is 2. The predicted molar refractivity (Wildman–Crippen MR) is 127 cm³/mol. The molecule has 1 aromatic heterocycles. The lowest BCUT2D eigenvalue weighted by molar-refractivity contribution is -0.105. The van der Waals surface area contributed by atoms with Crippen molar-refractivity contribution in [3.8, 4) is 17.0 Å². The van der Waals surface area contributed by atoms with Crippen LogP contribution in [0.4, 0.5) is 5.69 Å². The first-order chi connectivity index (χ1) is 14.9. The van der Waals surface area contributed by atoms with Gasteiger partial charge in [0.1, 0.15) is 18.2 Å². The van der Waals surface area contributed by atoms with E-state index in [9.17, 15) is 4.79 Å². The molecule has 164 valence electrons. The van der Waals surface area contributed by atoms with Crippen molar-refractivity contribution in [3.63, 3.8) is 0 Å². The van der Waals surface area contributed by atoms with E-state index in [-0.39, 0.29) is 0 Å². The Hall–Kier alpha value is -2.67. The highest BCUT2D eigenvalue weighted by molar-refractivity contribution is 6.35. The Morgan fingerprint density at radius 3 is 2.55 bits per heavy atom. The molecule has 0 spiro atoms. The maximum Gasteiger partial charge on any atom is 0.211 e. The van der Waals surface area contributed by atoms with E-state index in [2.05, 4.69) is 20.6 Å². The Kier molecular flexibility index (Phi) is 9.72. The molecule has 1 heterocycles. The number of benzene rings is 2. The van der Waals surface area contributed by atoms with Gasteiger partial charge < -0.3 is 15.4 Å². The number of carbonyl (C=O) groups excluding carboxylic acids is 1. The number of aromatic nitrogens is 2. The van der Waals surface area contributed by atoms with Crippen LogP contribution in [0.15, 0.2) is 42.6 Å². The summed E-state index contributed by atoms with van der Waals surface area (Å²) in [6.07, 6.45) is 2.39. The van der Waals surface area contributed by atoms with Crippen LogP contribution < -0.4 is 15.4 Å². The molecular formula is C23H26Cl2N4O2. The molecule has 3 rings (SSSR count). The van der Waals surface area contributed by atoms with Crippen LogP contribution in [0.1, 0.15) is 17.0 Å². The quantitative estimate of drug-likeness (QED) is 0.372. The van der Waals surface area contributed by atoms with E-state index in [1.165, 1.54) is 0 Å². The van der Waals surface area contributed by atoms with Crippen LogP contribution in [0, 0.1) is 20.8 Å². The molecular weight excluding hydrogens is 435 g/mol. The second kappa shape index (κ2) is 12.2. The van der Waals surface area contributed by atoms with E-state index < -0.39 is 0 Å². The highest BCUT2D eigenvalue weighted by Crippen LogP contribution is 2.29. The minimum atomic E-state index is 0.612. The van der Waals surface area contributed by atoms with Crippen molar-refractivity contribution < 1.29 is 9.53 Å². The normalized spacial score (nSPS) is 10.1. The minimum absolute atomic E-state index is 0.612. The Morgan fingerprint density at radius 1 is 1.10 bits per heavy atom. The molecule has 0 aliphatic heterocycles. The van der Waals surface area contributed by atoms with E-state index in [0.717, 1.165) is 40.4 Å². The van der Waals surface area contributed by atoms with Crippen LogP contribution in [0.25, 0.3) is 11.3 Å². The van der Waals surface area contributed by atoms with Crippen LogP contribution in [-0.2, 0) is 4.79 Å². The van der Waals surface area contributed by atoms with Gasteiger partial charge in [-0.2, -0.15) is 0 Å². The van der Waals surface area contributed by atoms with Crippen molar-refractivity contribution >= 4 is 35.3 Å². The van der Waals surface area contributed by atoms with Crippen molar-refractivity contribution in [2.75, 3.05) is 25.5 Å². The molecule has 0 fully saturated rings. The number of anilines is 1. The maximum absolute atomic E-state index is 10.5. The van der Waals surface area contributed by atoms with E-state index in [1.54, 1.807) is 24.4 Å². The fraction of sp³-hybridized carbons (Fsp3) is 0.261. The summed E-state index contributed by atoms with van der Waals surface area (Å²) in [6.45, 7) is 7.14. The summed E-state index contributed by atoms with van der Waals surface area (Å²) < 4.78 is 5.60. The number of rotatable bonds is 7. The molecule has 0 saturated heterocycles. The van der Waals surface area contributed by atoms with Gasteiger partial charge in [0.05, 0.1) is 16.4 Å². The topological polar surface area (TPSA) is 76.1 Å². The molecule has 3 aromatic rings. The third-order valence-corrected chi connectivity index (χ3v) is 4.98. The zero-order valence-corrected chi connectivity index (χ0v) is 19.5. The molecule has 1 amide bonds. The molecule has 0 radical (unpaired) electrons. The SMILES string of the molecule is CNCCOc1ccc(C)c(NC=O)c1C.Cc1nccc(-c2cc(Cl)ccc2Cl)n1. The number of hydrogen-bond donors (Lipinski definition) is 2. The number of nitrogens with one attached hydrogen (secondary N) is 2. The molecule has 0 unspecified atom stereocenters. The van der Waals surface area contributed by atoms with Gasteiger partial charge in [0.15, 0.2) is 0 Å². The molecule has 31 heavy (non-hydrogen) atoms. The van der Waals surface area contributed by atoms with Gasteiger partial charge >= 0.3 is 0 Å². The smallest absolute Gasteiger partial charge is 0.211 e. The average molecular weight is 461 g/mol. The van der Waals surface area contributed by atoms with Gasteiger partial charge in [-0.15, -0.1) is 0 Å². The average Bonchev–Trinajstić information content (AvgIpc) is 2.75. The van der Waals surface area contributed by atoms with Crippen LogP contribution in [-0.4, -0.2) is 36.6 Å². The summed E-state index contributed by atoms with van der Waals surface area (Å²) in [5.74, 6) is 1.52. The van der Waals surface area contributed by atoms with E-state index in [1.807, 2.05) is 46.0 Å². The number of hydrogen-bond acceptors (Lipinski definition) is 5. The van der Waals surface area contributed by atoms with Crippen molar-refractivity contribution in [1.29, 1.82) is 0 Å². The van der Waals surface area contributed by atoms with Crippen molar-refractivity contribution in [2.45, 2.75) is 20.8 Å². The van der Waals surface area contributed by atoms with E-state index in [4.69, 9.17) is 27.9 Å². The first-order valence-corrected chi connectivity index (χ1v) is 10.5. The fourth-order valence-electron chi connectivity index (χ4n) is 2.83. The lowest BCUT2D eigenvalue weighted by atomic mass is 10.1. The summed E-state index contributed by atoms with van der Waals surface area (Å²) in [5.41, 5.74) is 4.44. The highest BCUT2D eigenvalue weighted by atomic mass is 35.5. The first kappa shape index (κ1) is 24.6. The monoisotopic (exact) mass is 460 g/mol. The Bertz CT molecular complexity index is 1030. The van der Waals surface area contributed by atoms with E-state index in [0.29, 0.717) is 28.9 Å².